The van der Waals surface area contributed by atoms with Crippen molar-refractivity contribution in [1.82, 2.24) is 0 Å². The Morgan fingerprint density at radius 2 is 1.80 bits per heavy atom. The zero-order chi connectivity index (χ0) is 14.7. The highest BCUT2D eigenvalue weighted by Crippen LogP contribution is 2.29. The molecule has 0 aliphatic heterocycles. The lowest BCUT2D eigenvalue weighted by molar-refractivity contribution is 1.41. The first-order valence-electron chi connectivity index (χ1n) is 6.57. The average Bonchev–Trinajstić information content (AvgIpc) is 2.39. The number of hydrogen-bond acceptors (Lipinski definition) is 2. The first-order chi connectivity index (χ1) is 9.49. The van der Waals surface area contributed by atoms with Gasteiger partial charge in [-0.1, -0.05) is 48.6 Å². The highest BCUT2D eigenvalue weighted by molar-refractivity contribution is 5.81. The van der Waals surface area contributed by atoms with Gasteiger partial charge in [0.1, 0.15) is 0 Å². The highest BCUT2D eigenvalue weighted by Gasteiger charge is 2.07. The molecule has 102 valence electrons. The molecule has 0 unspecified atom stereocenters. The molecule has 2 aromatic carbocycles. The molecule has 0 amide bonds. The van der Waals surface area contributed by atoms with Gasteiger partial charge in [-0.05, 0) is 37.1 Å². The molecule has 0 aliphatic rings. The molecule has 0 saturated carbocycles. The molecule has 2 rings (SSSR count). The summed E-state index contributed by atoms with van der Waals surface area (Å²) in [5.74, 6) is 0. The third-order valence-corrected chi connectivity index (χ3v) is 3.12. The summed E-state index contributed by atoms with van der Waals surface area (Å²) in [5.41, 5.74) is 18.6. The molecule has 20 heavy (non-hydrogen) atoms. The van der Waals surface area contributed by atoms with Gasteiger partial charge in [-0.25, -0.2) is 0 Å². The fourth-order valence-electron chi connectivity index (χ4n) is 2.20. The number of para-hydroxylation sites is 1. The molecule has 2 nitrogen and oxygen atoms in total. The Balaban J connectivity index is 2.59. The molecule has 2 heteroatoms. The molecule has 0 atom stereocenters. The van der Waals surface area contributed by atoms with E-state index in [2.05, 4.69) is 38.6 Å². The molecule has 0 heterocycles. The summed E-state index contributed by atoms with van der Waals surface area (Å²) < 4.78 is 0. The SMILES string of the molecule is C=C(N)c1cc(-c2ccccc2N)ccc1C=C(C)C. The van der Waals surface area contributed by atoms with E-state index in [1.54, 1.807) is 0 Å². The Morgan fingerprint density at radius 3 is 2.40 bits per heavy atom. The maximum absolute atomic E-state index is 6.03. The monoisotopic (exact) mass is 264 g/mol. The molecule has 0 bridgehead atoms. The molecule has 0 radical (unpaired) electrons. The van der Waals surface area contributed by atoms with Gasteiger partial charge >= 0.3 is 0 Å². The van der Waals surface area contributed by atoms with Gasteiger partial charge in [0, 0.05) is 22.5 Å². The van der Waals surface area contributed by atoms with Crippen molar-refractivity contribution in [3.63, 3.8) is 0 Å². The van der Waals surface area contributed by atoms with E-state index in [4.69, 9.17) is 11.5 Å². The second-order valence-corrected chi connectivity index (χ2v) is 5.14. The Kier molecular flexibility index (Phi) is 3.94. The number of benzene rings is 2. The summed E-state index contributed by atoms with van der Waals surface area (Å²) in [6, 6.07) is 14.0. The maximum atomic E-state index is 6.03. The molecule has 0 aliphatic carbocycles. The lowest BCUT2D eigenvalue weighted by Crippen LogP contribution is -1.98. The zero-order valence-corrected chi connectivity index (χ0v) is 12.0. The van der Waals surface area contributed by atoms with Crippen molar-refractivity contribution < 1.29 is 0 Å². The summed E-state index contributed by atoms with van der Waals surface area (Å²) in [6.07, 6.45) is 2.10. The van der Waals surface area contributed by atoms with Gasteiger partial charge in [0.25, 0.3) is 0 Å². The van der Waals surface area contributed by atoms with Crippen LogP contribution in [0.4, 0.5) is 5.69 Å². The van der Waals surface area contributed by atoms with Crippen molar-refractivity contribution in [3.05, 3.63) is 65.7 Å². The zero-order valence-electron chi connectivity index (χ0n) is 12.0. The van der Waals surface area contributed by atoms with E-state index in [-0.39, 0.29) is 0 Å². The summed E-state index contributed by atoms with van der Waals surface area (Å²) in [5, 5.41) is 0. The van der Waals surface area contributed by atoms with Crippen LogP contribution in [0.1, 0.15) is 25.0 Å². The Bertz CT molecular complexity index is 678. The minimum absolute atomic E-state index is 0.564. The van der Waals surface area contributed by atoms with Crippen LogP contribution in [0.2, 0.25) is 0 Å². The predicted octanol–water partition coefficient (Wildman–Crippen LogP) is 4.29. The van der Waals surface area contributed by atoms with Crippen LogP contribution in [0.15, 0.2) is 54.6 Å². The second-order valence-electron chi connectivity index (χ2n) is 5.14. The molecular weight excluding hydrogens is 244 g/mol. The quantitative estimate of drug-likeness (QED) is 0.812. The first-order valence-corrected chi connectivity index (χ1v) is 6.57. The van der Waals surface area contributed by atoms with E-state index in [0.717, 1.165) is 27.9 Å². The number of nitrogens with two attached hydrogens (primary N) is 2. The topological polar surface area (TPSA) is 52.0 Å². The van der Waals surface area contributed by atoms with E-state index < -0.39 is 0 Å². The number of hydrogen-bond donors (Lipinski definition) is 2. The smallest absolute Gasteiger partial charge is 0.0393 e. The third-order valence-electron chi connectivity index (χ3n) is 3.12. The fraction of sp³-hybridized carbons (Fsp3) is 0.111. The van der Waals surface area contributed by atoms with Crippen molar-refractivity contribution in [2.24, 2.45) is 5.73 Å². The van der Waals surface area contributed by atoms with Crippen molar-refractivity contribution in [2.75, 3.05) is 5.73 Å². The van der Waals surface area contributed by atoms with Crippen LogP contribution >= 0.6 is 0 Å². The Hall–Kier alpha value is -2.48. The van der Waals surface area contributed by atoms with Crippen LogP contribution in [-0.2, 0) is 0 Å². The van der Waals surface area contributed by atoms with Gasteiger partial charge in [0.05, 0.1) is 0 Å². The second kappa shape index (κ2) is 5.66. The maximum Gasteiger partial charge on any atom is 0.0393 e. The first kappa shape index (κ1) is 13.9. The summed E-state index contributed by atoms with van der Waals surface area (Å²) in [4.78, 5) is 0. The highest BCUT2D eigenvalue weighted by atomic mass is 14.6. The third kappa shape index (κ3) is 2.91. The van der Waals surface area contributed by atoms with Crippen LogP contribution < -0.4 is 11.5 Å². The standard InChI is InChI=1S/C18H20N2/c1-12(2)10-14-8-9-15(11-17(14)13(3)19)16-6-4-5-7-18(16)20/h4-11H,3,19-20H2,1-2H3. The summed E-state index contributed by atoms with van der Waals surface area (Å²) in [6.45, 7) is 7.99. The average molecular weight is 264 g/mol. The molecule has 2 aromatic rings. The largest absolute Gasteiger partial charge is 0.399 e. The van der Waals surface area contributed by atoms with Crippen LogP contribution in [0, 0.1) is 0 Å². The number of nitrogen functional groups attached to an aromatic ring is 1. The van der Waals surface area contributed by atoms with E-state index >= 15 is 0 Å². The van der Waals surface area contributed by atoms with Crippen LogP contribution in [0.5, 0.6) is 0 Å². The van der Waals surface area contributed by atoms with E-state index in [0.29, 0.717) is 5.70 Å². The normalized spacial score (nSPS) is 10.1. The number of anilines is 1. The minimum Gasteiger partial charge on any atom is -0.399 e. The van der Waals surface area contributed by atoms with Gasteiger partial charge < -0.3 is 11.5 Å². The molecule has 0 spiro atoms. The van der Waals surface area contributed by atoms with Crippen molar-refractivity contribution >= 4 is 17.5 Å². The van der Waals surface area contributed by atoms with Crippen LogP contribution in [0.25, 0.3) is 22.9 Å². The van der Waals surface area contributed by atoms with E-state index in [1.807, 2.05) is 30.3 Å². The molecular formula is C18H20N2. The van der Waals surface area contributed by atoms with Gasteiger partial charge in [-0.15, -0.1) is 0 Å². The van der Waals surface area contributed by atoms with Crippen molar-refractivity contribution in [2.45, 2.75) is 13.8 Å². The van der Waals surface area contributed by atoms with Crippen LogP contribution in [0.3, 0.4) is 0 Å². The van der Waals surface area contributed by atoms with Gasteiger partial charge in [0.2, 0.25) is 0 Å². The van der Waals surface area contributed by atoms with Gasteiger partial charge in [0.15, 0.2) is 0 Å². The molecule has 0 fully saturated rings. The van der Waals surface area contributed by atoms with Gasteiger partial charge in [-0.2, -0.15) is 0 Å². The fourth-order valence-corrected chi connectivity index (χ4v) is 2.20. The molecule has 0 aromatic heterocycles. The number of allylic oxidation sites excluding steroid dienone is 1. The Labute approximate surface area is 120 Å². The van der Waals surface area contributed by atoms with Gasteiger partial charge in [-0.3, -0.25) is 0 Å². The Morgan fingerprint density at radius 1 is 1.10 bits per heavy atom. The lowest BCUT2D eigenvalue weighted by atomic mass is 9.96. The van der Waals surface area contributed by atoms with E-state index in [9.17, 15) is 0 Å². The van der Waals surface area contributed by atoms with Crippen LogP contribution in [-0.4, -0.2) is 0 Å². The molecule has 4 N–H and O–H groups in total. The predicted molar refractivity (Wildman–Crippen MR) is 88.8 cm³/mol. The summed E-state index contributed by atoms with van der Waals surface area (Å²) in [7, 11) is 0. The van der Waals surface area contributed by atoms with Crippen molar-refractivity contribution in [3.8, 4) is 11.1 Å². The lowest BCUT2D eigenvalue weighted by Gasteiger charge is -2.11. The van der Waals surface area contributed by atoms with E-state index in [1.165, 1.54) is 5.57 Å². The minimum atomic E-state index is 0.564. The number of rotatable bonds is 3. The van der Waals surface area contributed by atoms with Crippen molar-refractivity contribution in [1.29, 1.82) is 0 Å². The summed E-state index contributed by atoms with van der Waals surface area (Å²) >= 11 is 0. The molecule has 0 saturated heterocycles.